The van der Waals surface area contributed by atoms with E-state index >= 15 is 0 Å². The molecule has 0 spiro atoms. The van der Waals surface area contributed by atoms with Crippen molar-refractivity contribution < 1.29 is 38.6 Å². The Morgan fingerprint density at radius 3 is 1.45 bits per heavy atom. The van der Waals surface area contributed by atoms with Crippen molar-refractivity contribution in [1.29, 1.82) is 0 Å². The molecule has 0 aliphatic rings. The summed E-state index contributed by atoms with van der Waals surface area (Å²) in [6.45, 7) is 10.9. The van der Waals surface area contributed by atoms with Gasteiger partial charge in [0.25, 0.3) is 0 Å². The van der Waals surface area contributed by atoms with E-state index in [1.54, 1.807) is 0 Å². The fourth-order valence-electron chi connectivity index (χ4n) is 1.96. The molecule has 29 heavy (non-hydrogen) atoms. The van der Waals surface area contributed by atoms with Gasteiger partial charge in [0, 0.05) is 24.0 Å². The molecule has 0 aliphatic carbocycles. The Kier molecular flexibility index (Phi) is 11.0. The molecule has 2 amide bonds. The van der Waals surface area contributed by atoms with Crippen LogP contribution in [0.4, 0.5) is 0 Å². The summed E-state index contributed by atoms with van der Waals surface area (Å²) in [4.78, 5) is 58.0. The average molecular weight is 412 g/mol. The van der Waals surface area contributed by atoms with Crippen LogP contribution in [0.2, 0.25) is 0 Å². The number of carbonyl (C=O) groups is 5. The van der Waals surface area contributed by atoms with E-state index < -0.39 is 48.0 Å². The zero-order chi connectivity index (χ0) is 22.6. The summed E-state index contributed by atoms with van der Waals surface area (Å²) in [5.74, 6) is -3.72. The molecule has 0 heterocycles. The van der Waals surface area contributed by atoms with Crippen LogP contribution in [-0.2, 0) is 33.4 Å². The lowest BCUT2D eigenvalue weighted by Gasteiger charge is -2.23. The molecule has 162 valence electrons. The molecule has 0 rings (SSSR count). The number of aliphatic carboxylic acids is 1. The molecular formula is C19H28N2O8. The van der Waals surface area contributed by atoms with E-state index in [1.165, 1.54) is 20.8 Å². The maximum Gasteiger partial charge on any atom is 0.333 e. The maximum absolute atomic E-state index is 12.0. The number of amides is 2. The van der Waals surface area contributed by atoms with Gasteiger partial charge < -0.3 is 25.2 Å². The molecule has 0 aliphatic heterocycles. The Labute approximate surface area is 169 Å². The van der Waals surface area contributed by atoms with Crippen LogP contribution in [0.25, 0.3) is 0 Å². The van der Waals surface area contributed by atoms with Crippen molar-refractivity contribution >= 4 is 29.7 Å². The highest BCUT2D eigenvalue weighted by molar-refractivity contribution is 5.90. The van der Waals surface area contributed by atoms with E-state index in [0.29, 0.717) is 0 Å². The zero-order valence-corrected chi connectivity index (χ0v) is 17.0. The van der Waals surface area contributed by atoms with Crippen molar-refractivity contribution in [3.8, 4) is 0 Å². The summed E-state index contributed by atoms with van der Waals surface area (Å²) >= 11 is 0. The molecule has 0 aromatic rings. The minimum atomic E-state index is -1.64. The zero-order valence-electron chi connectivity index (χ0n) is 17.0. The third-order valence-electron chi connectivity index (χ3n) is 3.63. The number of rotatable bonds is 13. The number of carboxylic acids is 1. The van der Waals surface area contributed by atoms with Gasteiger partial charge in [0.05, 0.1) is 18.5 Å². The second kappa shape index (κ2) is 12.3. The van der Waals surface area contributed by atoms with Gasteiger partial charge in [-0.2, -0.15) is 0 Å². The largest absolute Gasteiger partial charge is 0.481 e. The number of carbonyl (C=O) groups excluding carboxylic acids is 4. The predicted octanol–water partition coefficient (Wildman–Crippen LogP) is 0.329. The summed E-state index contributed by atoms with van der Waals surface area (Å²) < 4.78 is 9.62. The lowest BCUT2D eigenvalue weighted by Crippen LogP contribution is -2.41. The number of carboxylic acid groups (broad SMARTS) is 1. The first-order valence-electron chi connectivity index (χ1n) is 8.81. The number of ether oxygens (including phenoxy) is 2. The van der Waals surface area contributed by atoms with Crippen LogP contribution in [0.5, 0.6) is 0 Å². The molecule has 0 fully saturated rings. The smallest absolute Gasteiger partial charge is 0.333 e. The van der Waals surface area contributed by atoms with Crippen molar-refractivity contribution in [2.75, 3.05) is 26.3 Å². The maximum atomic E-state index is 12.0. The Balaban J connectivity index is 4.44. The van der Waals surface area contributed by atoms with Crippen LogP contribution in [0.3, 0.4) is 0 Å². The second-order valence-corrected chi connectivity index (χ2v) is 6.75. The van der Waals surface area contributed by atoms with Crippen LogP contribution in [-0.4, -0.2) is 61.1 Å². The molecular weight excluding hydrogens is 384 g/mol. The topological polar surface area (TPSA) is 148 Å². The Morgan fingerprint density at radius 2 is 1.17 bits per heavy atom. The van der Waals surface area contributed by atoms with Gasteiger partial charge in [0.15, 0.2) is 0 Å². The quantitative estimate of drug-likeness (QED) is 0.223. The minimum Gasteiger partial charge on any atom is -0.481 e. The molecule has 0 unspecified atom stereocenters. The van der Waals surface area contributed by atoms with E-state index in [-0.39, 0.29) is 37.4 Å². The van der Waals surface area contributed by atoms with Gasteiger partial charge in [-0.1, -0.05) is 13.2 Å². The van der Waals surface area contributed by atoms with Gasteiger partial charge in [0.2, 0.25) is 11.8 Å². The van der Waals surface area contributed by atoms with Crippen LogP contribution >= 0.6 is 0 Å². The van der Waals surface area contributed by atoms with Gasteiger partial charge in [-0.05, 0) is 20.8 Å². The molecule has 0 atom stereocenters. The van der Waals surface area contributed by atoms with Crippen LogP contribution in [0.1, 0.15) is 33.6 Å². The van der Waals surface area contributed by atoms with Gasteiger partial charge in [-0.15, -0.1) is 0 Å². The van der Waals surface area contributed by atoms with Crippen molar-refractivity contribution in [1.82, 2.24) is 10.6 Å². The molecule has 10 nitrogen and oxygen atoms in total. The molecule has 0 aromatic heterocycles. The van der Waals surface area contributed by atoms with Crippen molar-refractivity contribution in [2.24, 2.45) is 5.41 Å². The summed E-state index contributed by atoms with van der Waals surface area (Å²) in [5.41, 5.74) is -1.21. The first kappa shape index (κ1) is 25.8. The SMILES string of the molecule is C=C(C)C(=O)OCCNC(=O)CC(C)(CC(=O)NCCOC(=O)C(=C)C)C(=O)O. The average Bonchev–Trinajstić information content (AvgIpc) is 2.61. The number of hydrogen-bond acceptors (Lipinski definition) is 7. The normalized spacial score (nSPS) is 10.4. The number of esters is 2. The number of hydrogen-bond donors (Lipinski definition) is 3. The highest BCUT2D eigenvalue weighted by Crippen LogP contribution is 2.26. The van der Waals surface area contributed by atoms with Crippen molar-refractivity contribution in [2.45, 2.75) is 33.6 Å². The molecule has 3 N–H and O–H groups in total. The van der Waals surface area contributed by atoms with Crippen molar-refractivity contribution in [3.05, 3.63) is 24.3 Å². The molecule has 0 bridgehead atoms. The monoisotopic (exact) mass is 412 g/mol. The lowest BCUT2D eigenvalue weighted by atomic mass is 9.82. The van der Waals surface area contributed by atoms with E-state index in [1.807, 2.05) is 0 Å². The molecule has 0 saturated carbocycles. The van der Waals surface area contributed by atoms with E-state index in [9.17, 15) is 29.1 Å². The summed E-state index contributed by atoms with van der Waals surface area (Å²) in [6.07, 6.45) is -0.899. The minimum absolute atomic E-state index is 0.00611. The Bertz CT molecular complexity index is 636. The predicted molar refractivity (Wildman–Crippen MR) is 103 cm³/mol. The lowest BCUT2D eigenvalue weighted by molar-refractivity contribution is -0.153. The molecule has 10 heteroatoms. The van der Waals surface area contributed by atoms with E-state index in [4.69, 9.17) is 9.47 Å². The third kappa shape index (κ3) is 10.7. The molecule has 0 radical (unpaired) electrons. The Hall–Kier alpha value is -3.17. The van der Waals surface area contributed by atoms with Crippen LogP contribution in [0, 0.1) is 5.41 Å². The van der Waals surface area contributed by atoms with Crippen LogP contribution < -0.4 is 10.6 Å². The van der Waals surface area contributed by atoms with Crippen molar-refractivity contribution in [3.63, 3.8) is 0 Å². The summed E-state index contributed by atoms with van der Waals surface area (Å²) in [5, 5.41) is 14.3. The molecule has 0 aromatic carbocycles. The van der Waals surface area contributed by atoms with E-state index in [2.05, 4.69) is 23.8 Å². The van der Waals surface area contributed by atoms with Gasteiger partial charge in [-0.3, -0.25) is 14.4 Å². The summed E-state index contributed by atoms with van der Waals surface area (Å²) in [6, 6.07) is 0. The standard InChI is InChI=1S/C19H28N2O8/c1-12(2)16(24)28-8-6-20-14(22)10-19(5,18(26)27)11-15(23)21-7-9-29-17(25)13(3)4/h1,3,6-11H2,2,4-5H3,(H,20,22)(H,21,23)(H,26,27). The van der Waals surface area contributed by atoms with Gasteiger partial charge >= 0.3 is 17.9 Å². The highest BCUT2D eigenvalue weighted by atomic mass is 16.5. The second-order valence-electron chi connectivity index (χ2n) is 6.75. The van der Waals surface area contributed by atoms with Crippen LogP contribution in [0.15, 0.2) is 24.3 Å². The first-order valence-corrected chi connectivity index (χ1v) is 8.81. The highest BCUT2D eigenvalue weighted by Gasteiger charge is 2.37. The first-order chi connectivity index (χ1) is 13.4. The Morgan fingerprint density at radius 1 is 0.828 bits per heavy atom. The fraction of sp³-hybridized carbons (Fsp3) is 0.526. The summed E-state index contributed by atoms with van der Waals surface area (Å²) in [7, 11) is 0. The fourth-order valence-corrected chi connectivity index (χ4v) is 1.96. The molecule has 0 saturated heterocycles. The van der Waals surface area contributed by atoms with Gasteiger partial charge in [-0.25, -0.2) is 9.59 Å². The number of nitrogens with one attached hydrogen (secondary N) is 2. The third-order valence-corrected chi connectivity index (χ3v) is 3.63. The van der Waals surface area contributed by atoms with Gasteiger partial charge in [0.1, 0.15) is 13.2 Å². The van der Waals surface area contributed by atoms with E-state index in [0.717, 1.165) is 0 Å².